The molecule has 0 aromatic heterocycles. The lowest BCUT2D eigenvalue weighted by atomic mass is 10.1. The van der Waals surface area contributed by atoms with Crippen molar-refractivity contribution in [1.29, 1.82) is 0 Å². The van der Waals surface area contributed by atoms with E-state index in [4.69, 9.17) is 4.74 Å². The Bertz CT molecular complexity index is 985. The molecule has 0 saturated carbocycles. The summed E-state index contributed by atoms with van der Waals surface area (Å²) in [5.41, 5.74) is 2.27. The summed E-state index contributed by atoms with van der Waals surface area (Å²) in [6.07, 6.45) is 2.86. The van der Waals surface area contributed by atoms with Crippen molar-refractivity contribution in [3.63, 3.8) is 0 Å². The quantitative estimate of drug-likeness (QED) is 0.522. The first-order valence-electron chi connectivity index (χ1n) is 9.27. The highest BCUT2D eigenvalue weighted by Gasteiger charge is 2.18. The van der Waals surface area contributed by atoms with Gasteiger partial charge in [-0.2, -0.15) is 0 Å². The Hall–Kier alpha value is -2.87. The third-order valence-electron chi connectivity index (χ3n) is 4.50. The van der Waals surface area contributed by atoms with Gasteiger partial charge < -0.3 is 10.1 Å². The van der Waals surface area contributed by atoms with Crippen LogP contribution in [0.1, 0.15) is 46.0 Å². The molecule has 0 bridgehead atoms. The topological polar surface area (TPSA) is 92.8 Å². The Morgan fingerprint density at radius 1 is 1.10 bits per heavy atom. The number of carbonyl (C=O) groups is 2. The van der Waals surface area contributed by atoms with E-state index in [9.17, 15) is 18.0 Å². The predicted molar refractivity (Wildman–Crippen MR) is 114 cm³/mol. The molecular formula is C21H26N2O5S. The van der Waals surface area contributed by atoms with E-state index in [1.807, 2.05) is 6.92 Å². The predicted octanol–water partition coefficient (Wildman–Crippen LogP) is 3.60. The van der Waals surface area contributed by atoms with Crippen LogP contribution in [0.25, 0.3) is 0 Å². The molecule has 0 fully saturated rings. The summed E-state index contributed by atoms with van der Waals surface area (Å²) < 4.78 is 29.9. The fourth-order valence-corrected chi connectivity index (χ4v) is 3.22. The maximum atomic E-state index is 12.7. The van der Waals surface area contributed by atoms with E-state index >= 15 is 0 Å². The van der Waals surface area contributed by atoms with E-state index < -0.39 is 16.0 Å². The van der Waals surface area contributed by atoms with Gasteiger partial charge in [-0.05, 0) is 55.3 Å². The third kappa shape index (κ3) is 5.80. The van der Waals surface area contributed by atoms with Crippen LogP contribution in [0.5, 0.6) is 0 Å². The molecule has 1 N–H and O–H groups in total. The molecule has 0 spiro atoms. The SMILES string of the molecule is CCCCOC(=O)c1ccc(NC(=O)c2cccc(N(C)S(C)(=O)=O)c2C)cc1. The summed E-state index contributed by atoms with van der Waals surface area (Å²) in [7, 11) is -2.00. The van der Waals surface area contributed by atoms with E-state index in [-0.39, 0.29) is 5.91 Å². The fourth-order valence-electron chi connectivity index (χ4n) is 2.67. The maximum Gasteiger partial charge on any atom is 0.338 e. The molecule has 2 aromatic rings. The van der Waals surface area contributed by atoms with Gasteiger partial charge in [-0.1, -0.05) is 19.4 Å². The van der Waals surface area contributed by atoms with E-state index in [0.717, 1.165) is 23.4 Å². The summed E-state index contributed by atoms with van der Waals surface area (Å²) in [6, 6.07) is 11.3. The summed E-state index contributed by atoms with van der Waals surface area (Å²) in [4.78, 5) is 24.6. The Balaban J connectivity index is 2.14. The van der Waals surface area contributed by atoms with E-state index in [2.05, 4.69) is 5.32 Å². The number of unbranched alkanes of at least 4 members (excludes halogenated alkanes) is 1. The van der Waals surface area contributed by atoms with Crippen LogP contribution in [0.2, 0.25) is 0 Å². The average molecular weight is 419 g/mol. The number of nitrogens with one attached hydrogen (secondary N) is 1. The second-order valence-corrected chi connectivity index (χ2v) is 8.71. The molecule has 8 heteroatoms. The van der Waals surface area contributed by atoms with Crippen LogP contribution in [0.3, 0.4) is 0 Å². The minimum absolute atomic E-state index is 0.362. The van der Waals surface area contributed by atoms with E-state index in [1.165, 1.54) is 7.05 Å². The number of nitrogens with zero attached hydrogens (tertiary/aromatic N) is 1. The van der Waals surface area contributed by atoms with Crippen LogP contribution in [-0.4, -0.2) is 40.2 Å². The summed E-state index contributed by atoms with van der Waals surface area (Å²) in [6.45, 7) is 4.09. The lowest BCUT2D eigenvalue weighted by Crippen LogP contribution is -2.26. The Labute approximate surface area is 171 Å². The van der Waals surface area contributed by atoms with Crippen molar-refractivity contribution in [3.05, 3.63) is 59.2 Å². The number of carbonyl (C=O) groups excluding carboxylic acids is 2. The zero-order chi connectivity index (χ0) is 21.6. The number of anilines is 2. The van der Waals surface area contributed by atoms with Crippen LogP contribution >= 0.6 is 0 Å². The van der Waals surface area contributed by atoms with Gasteiger partial charge in [0.05, 0.1) is 24.1 Å². The van der Waals surface area contributed by atoms with Crippen molar-refractivity contribution in [1.82, 2.24) is 0 Å². The van der Waals surface area contributed by atoms with Crippen molar-refractivity contribution >= 4 is 33.3 Å². The molecule has 2 rings (SSSR count). The van der Waals surface area contributed by atoms with Gasteiger partial charge in [-0.25, -0.2) is 13.2 Å². The lowest BCUT2D eigenvalue weighted by Gasteiger charge is -2.20. The first-order valence-corrected chi connectivity index (χ1v) is 11.1. The molecular weight excluding hydrogens is 392 g/mol. The minimum atomic E-state index is -3.44. The summed E-state index contributed by atoms with van der Waals surface area (Å²) in [5.74, 6) is -0.770. The molecule has 1 amide bonds. The summed E-state index contributed by atoms with van der Waals surface area (Å²) >= 11 is 0. The Morgan fingerprint density at radius 2 is 1.76 bits per heavy atom. The first-order chi connectivity index (χ1) is 13.6. The van der Waals surface area contributed by atoms with Gasteiger partial charge in [0.25, 0.3) is 5.91 Å². The number of ether oxygens (including phenoxy) is 1. The monoisotopic (exact) mass is 418 g/mol. The Morgan fingerprint density at radius 3 is 2.34 bits per heavy atom. The van der Waals surface area contributed by atoms with Gasteiger partial charge in [-0.15, -0.1) is 0 Å². The zero-order valence-electron chi connectivity index (χ0n) is 17.1. The second-order valence-electron chi connectivity index (χ2n) is 6.70. The molecule has 2 aromatic carbocycles. The number of sulfonamides is 1. The lowest BCUT2D eigenvalue weighted by molar-refractivity contribution is 0.0499. The molecule has 0 aliphatic carbocycles. The van der Waals surface area contributed by atoms with Crippen LogP contribution < -0.4 is 9.62 Å². The van der Waals surface area contributed by atoms with E-state index in [0.29, 0.717) is 34.7 Å². The molecule has 0 unspecified atom stereocenters. The van der Waals surface area contributed by atoms with Crippen molar-refractivity contribution in [2.45, 2.75) is 26.7 Å². The van der Waals surface area contributed by atoms with Gasteiger partial charge in [0.1, 0.15) is 0 Å². The fraction of sp³-hybridized carbons (Fsp3) is 0.333. The third-order valence-corrected chi connectivity index (χ3v) is 5.69. The summed E-state index contributed by atoms with van der Waals surface area (Å²) in [5, 5.41) is 2.76. The molecule has 0 radical (unpaired) electrons. The van der Waals surface area contributed by atoms with Gasteiger partial charge >= 0.3 is 5.97 Å². The van der Waals surface area contributed by atoms with Gasteiger partial charge in [0, 0.05) is 18.3 Å². The van der Waals surface area contributed by atoms with Crippen LogP contribution in [-0.2, 0) is 14.8 Å². The average Bonchev–Trinajstić information content (AvgIpc) is 2.67. The first kappa shape index (κ1) is 22.4. The normalized spacial score (nSPS) is 11.0. The number of benzene rings is 2. The van der Waals surface area contributed by atoms with Crippen molar-refractivity contribution < 1.29 is 22.7 Å². The maximum absolute atomic E-state index is 12.7. The molecule has 156 valence electrons. The van der Waals surface area contributed by atoms with Gasteiger partial charge in [-0.3, -0.25) is 9.10 Å². The molecule has 0 heterocycles. The largest absolute Gasteiger partial charge is 0.462 e. The van der Waals surface area contributed by atoms with Crippen molar-refractivity contribution in [2.24, 2.45) is 0 Å². The van der Waals surface area contributed by atoms with Gasteiger partial charge in [0.15, 0.2) is 0 Å². The number of esters is 1. The molecule has 29 heavy (non-hydrogen) atoms. The second kappa shape index (κ2) is 9.56. The molecule has 7 nitrogen and oxygen atoms in total. The van der Waals surface area contributed by atoms with Crippen molar-refractivity contribution in [3.8, 4) is 0 Å². The van der Waals surface area contributed by atoms with E-state index in [1.54, 1.807) is 49.4 Å². The molecule has 0 aliphatic rings. The standard InChI is InChI=1S/C21H26N2O5S/c1-5-6-14-28-21(25)16-10-12-17(13-11-16)22-20(24)18-8-7-9-19(15(18)2)23(3)29(4,26)27/h7-13H,5-6,14H2,1-4H3,(H,22,24). The van der Waals surface area contributed by atoms with Gasteiger partial charge in [0.2, 0.25) is 10.0 Å². The molecule has 0 atom stereocenters. The van der Waals surface area contributed by atoms with Crippen molar-refractivity contribution in [2.75, 3.05) is 29.5 Å². The van der Waals surface area contributed by atoms with Crippen LogP contribution in [0.15, 0.2) is 42.5 Å². The number of rotatable bonds is 8. The van der Waals surface area contributed by atoms with Crippen LogP contribution in [0.4, 0.5) is 11.4 Å². The molecule has 0 saturated heterocycles. The minimum Gasteiger partial charge on any atom is -0.462 e. The van der Waals surface area contributed by atoms with Crippen LogP contribution in [0, 0.1) is 6.92 Å². The highest BCUT2D eigenvalue weighted by atomic mass is 32.2. The number of hydrogen-bond donors (Lipinski definition) is 1. The Kier molecular flexibility index (Phi) is 7.39. The highest BCUT2D eigenvalue weighted by Crippen LogP contribution is 2.25. The number of amides is 1. The number of hydrogen-bond acceptors (Lipinski definition) is 5. The highest BCUT2D eigenvalue weighted by molar-refractivity contribution is 7.92. The zero-order valence-corrected chi connectivity index (χ0v) is 17.9. The smallest absolute Gasteiger partial charge is 0.338 e. The molecule has 0 aliphatic heterocycles.